The number of nitrogens with one attached hydrogen (secondary N) is 2. The first-order valence-corrected chi connectivity index (χ1v) is 9.43. The van der Waals surface area contributed by atoms with E-state index in [-0.39, 0.29) is 12.5 Å². The van der Waals surface area contributed by atoms with Gasteiger partial charge in [0, 0.05) is 5.56 Å². The molecule has 2 heterocycles. The zero-order valence-electron chi connectivity index (χ0n) is 15.1. The SMILES string of the molecule is COc1cc(/C=N\NC(=O)CNc2nc3ccccc3s2)cc2c1OCCO2. The number of anilines is 1. The number of carbonyl (C=O) groups excluding carboxylic acids is 1. The Hall–Kier alpha value is -3.33. The van der Waals surface area contributed by atoms with Gasteiger partial charge in [0.15, 0.2) is 16.6 Å². The molecule has 0 fully saturated rings. The van der Waals surface area contributed by atoms with E-state index in [0.29, 0.717) is 35.6 Å². The first kappa shape index (κ1) is 18.1. The first-order valence-electron chi connectivity index (χ1n) is 8.62. The number of carbonyl (C=O) groups is 1. The van der Waals surface area contributed by atoms with Crippen molar-refractivity contribution in [3.05, 3.63) is 42.0 Å². The minimum atomic E-state index is -0.278. The summed E-state index contributed by atoms with van der Waals surface area (Å²) < 4.78 is 17.5. The number of thiazole rings is 1. The smallest absolute Gasteiger partial charge is 0.259 e. The van der Waals surface area contributed by atoms with Crippen LogP contribution in [0.1, 0.15) is 5.56 Å². The van der Waals surface area contributed by atoms with Crippen molar-refractivity contribution in [2.45, 2.75) is 0 Å². The van der Waals surface area contributed by atoms with Crippen LogP contribution in [-0.2, 0) is 4.79 Å². The lowest BCUT2D eigenvalue weighted by Crippen LogP contribution is -2.25. The molecule has 0 unspecified atom stereocenters. The normalized spacial score (nSPS) is 12.9. The average molecular weight is 398 g/mol. The average Bonchev–Trinajstić information content (AvgIpc) is 3.14. The van der Waals surface area contributed by atoms with E-state index in [1.165, 1.54) is 17.6 Å². The number of rotatable bonds is 6. The number of hydrazone groups is 1. The number of fused-ring (bicyclic) bond motifs is 2. The number of ether oxygens (including phenoxy) is 3. The Labute approximate surface area is 165 Å². The fourth-order valence-corrected chi connectivity index (χ4v) is 3.55. The molecule has 1 aliphatic rings. The van der Waals surface area contributed by atoms with Crippen LogP contribution in [0.4, 0.5) is 5.13 Å². The van der Waals surface area contributed by atoms with Crippen molar-refractivity contribution in [2.24, 2.45) is 5.10 Å². The molecule has 28 heavy (non-hydrogen) atoms. The molecule has 1 aliphatic heterocycles. The monoisotopic (exact) mass is 398 g/mol. The topological polar surface area (TPSA) is 94.1 Å². The second kappa shape index (κ2) is 8.13. The van der Waals surface area contributed by atoms with Gasteiger partial charge in [-0.25, -0.2) is 10.4 Å². The van der Waals surface area contributed by atoms with Crippen molar-refractivity contribution < 1.29 is 19.0 Å². The zero-order chi connectivity index (χ0) is 19.3. The van der Waals surface area contributed by atoms with Gasteiger partial charge in [-0.05, 0) is 24.3 Å². The number of methoxy groups -OCH3 is 1. The first-order chi connectivity index (χ1) is 13.7. The van der Waals surface area contributed by atoms with Gasteiger partial charge < -0.3 is 19.5 Å². The Morgan fingerprint density at radius 1 is 1.32 bits per heavy atom. The number of hydrogen-bond donors (Lipinski definition) is 2. The second-order valence-corrected chi connectivity index (χ2v) is 6.91. The Morgan fingerprint density at radius 2 is 2.18 bits per heavy atom. The number of amides is 1. The summed E-state index contributed by atoms with van der Waals surface area (Å²) in [6, 6.07) is 11.4. The molecule has 0 spiro atoms. The molecule has 4 rings (SSSR count). The number of aromatic nitrogens is 1. The Bertz CT molecular complexity index is 984. The number of benzene rings is 2. The lowest BCUT2D eigenvalue weighted by molar-refractivity contribution is -0.119. The van der Waals surface area contributed by atoms with Crippen LogP contribution in [0.2, 0.25) is 0 Å². The molecule has 0 atom stereocenters. The van der Waals surface area contributed by atoms with Crippen molar-refractivity contribution in [1.29, 1.82) is 0 Å². The third-order valence-electron chi connectivity index (χ3n) is 3.95. The van der Waals surface area contributed by atoms with E-state index in [4.69, 9.17) is 14.2 Å². The molecule has 3 aromatic rings. The van der Waals surface area contributed by atoms with E-state index < -0.39 is 0 Å². The van der Waals surface area contributed by atoms with E-state index in [1.54, 1.807) is 19.2 Å². The molecule has 8 nitrogen and oxygen atoms in total. The lowest BCUT2D eigenvalue weighted by Gasteiger charge is -2.20. The number of nitrogens with zero attached hydrogens (tertiary/aromatic N) is 2. The third kappa shape index (κ3) is 3.99. The van der Waals surface area contributed by atoms with Gasteiger partial charge in [-0.3, -0.25) is 4.79 Å². The van der Waals surface area contributed by atoms with Crippen LogP contribution < -0.4 is 25.0 Å². The second-order valence-electron chi connectivity index (χ2n) is 5.88. The molecule has 0 saturated carbocycles. The molecule has 0 bridgehead atoms. The van der Waals surface area contributed by atoms with Gasteiger partial charge in [0.25, 0.3) is 5.91 Å². The van der Waals surface area contributed by atoms with E-state index in [1.807, 2.05) is 24.3 Å². The van der Waals surface area contributed by atoms with E-state index in [2.05, 4.69) is 20.8 Å². The maximum Gasteiger partial charge on any atom is 0.259 e. The Balaban J connectivity index is 1.34. The van der Waals surface area contributed by atoms with Crippen LogP contribution in [0.5, 0.6) is 17.2 Å². The predicted octanol–water partition coefficient (Wildman–Crippen LogP) is 2.64. The summed E-state index contributed by atoms with van der Waals surface area (Å²) in [6.07, 6.45) is 1.52. The highest BCUT2D eigenvalue weighted by Gasteiger charge is 2.18. The summed E-state index contributed by atoms with van der Waals surface area (Å²) in [5.74, 6) is 1.45. The summed E-state index contributed by atoms with van der Waals surface area (Å²) in [5, 5.41) is 7.69. The van der Waals surface area contributed by atoms with E-state index >= 15 is 0 Å². The van der Waals surface area contributed by atoms with E-state index in [0.717, 1.165) is 15.8 Å². The summed E-state index contributed by atoms with van der Waals surface area (Å²) in [4.78, 5) is 16.4. The summed E-state index contributed by atoms with van der Waals surface area (Å²) >= 11 is 1.50. The van der Waals surface area contributed by atoms with Gasteiger partial charge in [-0.1, -0.05) is 23.5 Å². The molecule has 0 saturated heterocycles. The fraction of sp³-hybridized carbons (Fsp3) is 0.211. The fourth-order valence-electron chi connectivity index (χ4n) is 2.69. The number of para-hydroxylation sites is 1. The molecule has 9 heteroatoms. The molecule has 2 N–H and O–H groups in total. The molecule has 0 radical (unpaired) electrons. The molecule has 2 aromatic carbocycles. The van der Waals surface area contributed by atoms with E-state index in [9.17, 15) is 4.79 Å². The van der Waals surface area contributed by atoms with Gasteiger partial charge in [0.2, 0.25) is 5.75 Å². The van der Waals surface area contributed by atoms with Crippen molar-refractivity contribution in [3.8, 4) is 17.2 Å². The molecule has 1 aromatic heterocycles. The Kier molecular flexibility index (Phi) is 5.24. The zero-order valence-corrected chi connectivity index (χ0v) is 15.9. The van der Waals surface area contributed by atoms with Gasteiger partial charge in [0.1, 0.15) is 13.2 Å². The maximum absolute atomic E-state index is 12.0. The number of hydrogen-bond acceptors (Lipinski definition) is 8. The summed E-state index contributed by atoms with van der Waals surface area (Å²) in [6.45, 7) is 1.03. The lowest BCUT2D eigenvalue weighted by atomic mass is 10.2. The standard InChI is InChI=1S/C19H18N4O4S/c1-25-14-8-12(9-15-18(14)27-7-6-26-15)10-21-23-17(24)11-20-19-22-13-4-2-3-5-16(13)28-19/h2-5,8-10H,6-7,11H2,1H3,(H,20,22)(H,23,24)/b21-10-. The molecular weight excluding hydrogens is 380 g/mol. The quantitative estimate of drug-likeness (QED) is 0.490. The minimum absolute atomic E-state index is 0.0711. The van der Waals surface area contributed by atoms with Gasteiger partial charge in [-0.2, -0.15) is 5.10 Å². The maximum atomic E-state index is 12.0. The predicted molar refractivity (Wildman–Crippen MR) is 108 cm³/mol. The van der Waals surface area contributed by atoms with Crippen LogP contribution in [0.3, 0.4) is 0 Å². The van der Waals surface area contributed by atoms with Gasteiger partial charge >= 0.3 is 0 Å². The van der Waals surface area contributed by atoms with Crippen molar-refractivity contribution in [3.63, 3.8) is 0 Å². The van der Waals surface area contributed by atoms with Crippen molar-refractivity contribution >= 4 is 38.8 Å². The van der Waals surface area contributed by atoms with Crippen LogP contribution in [0.15, 0.2) is 41.5 Å². The van der Waals surface area contributed by atoms with Gasteiger partial charge in [0.05, 0.1) is 30.1 Å². The Morgan fingerprint density at radius 3 is 3.04 bits per heavy atom. The van der Waals surface area contributed by atoms with Crippen LogP contribution in [-0.4, -0.2) is 44.0 Å². The van der Waals surface area contributed by atoms with Crippen molar-refractivity contribution in [1.82, 2.24) is 10.4 Å². The largest absolute Gasteiger partial charge is 0.493 e. The highest BCUT2D eigenvalue weighted by atomic mass is 32.1. The van der Waals surface area contributed by atoms with Crippen LogP contribution >= 0.6 is 11.3 Å². The molecule has 144 valence electrons. The van der Waals surface area contributed by atoms with Crippen molar-refractivity contribution in [2.75, 3.05) is 32.2 Å². The van der Waals surface area contributed by atoms with Crippen LogP contribution in [0.25, 0.3) is 10.2 Å². The minimum Gasteiger partial charge on any atom is -0.493 e. The summed E-state index contributed by atoms with van der Waals surface area (Å²) in [7, 11) is 1.56. The summed E-state index contributed by atoms with van der Waals surface area (Å²) in [5.41, 5.74) is 4.11. The molecular formula is C19H18N4O4S. The molecule has 0 aliphatic carbocycles. The third-order valence-corrected chi connectivity index (χ3v) is 4.94. The van der Waals surface area contributed by atoms with Gasteiger partial charge in [-0.15, -0.1) is 0 Å². The van der Waals surface area contributed by atoms with Crippen LogP contribution in [0, 0.1) is 0 Å². The molecule has 1 amide bonds. The highest BCUT2D eigenvalue weighted by molar-refractivity contribution is 7.22. The highest BCUT2D eigenvalue weighted by Crippen LogP contribution is 2.39.